The van der Waals surface area contributed by atoms with Gasteiger partial charge in [0.1, 0.15) is 11.3 Å². The Hall–Kier alpha value is -3.67. The van der Waals surface area contributed by atoms with E-state index in [1.165, 1.54) is 11.1 Å². The van der Waals surface area contributed by atoms with Crippen molar-refractivity contribution in [1.29, 1.82) is 0 Å². The molecule has 0 aliphatic rings. The van der Waals surface area contributed by atoms with Crippen molar-refractivity contribution < 1.29 is 4.79 Å². The summed E-state index contributed by atoms with van der Waals surface area (Å²) in [7, 11) is 0. The van der Waals surface area contributed by atoms with E-state index in [1.54, 1.807) is 10.6 Å². The summed E-state index contributed by atoms with van der Waals surface area (Å²) in [6.45, 7) is 12.2. The van der Waals surface area contributed by atoms with Crippen LogP contribution in [-0.4, -0.2) is 26.1 Å². The van der Waals surface area contributed by atoms with E-state index in [0.717, 1.165) is 33.8 Å². The van der Waals surface area contributed by atoms with Crippen LogP contribution in [-0.2, 0) is 0 Å². The standard InChI is InChI=1S/C25H27N5O/c1-15-7-8-22(17(3)11-15)30-18(4)13-21(20(30)6)14-26-28-25(31)24-19(5)27-23-12-16(2)9-10-29(23)24/h7-14H,1-6H3,(H,28,31)/b26-14-. The molecule has 0 radical (unpaired) electrons. The Labute approximate surface area is 182 Å². The number of imidazole rings is 1. The first-order valence-electron chi connectivity index (χ1n) is 10.3. The third-order valence-corrected chi connectivity index (χ3v) is 5.60. The maximum Gasteiger partial charge on any atom is 0.290 e. The summed E-state index contributed by atoms with van der Waals surface area (Å²) >= 11 is 0. The molecule has 0 atom stereocenters. The van der Waals surface area contributed by atoms with Crippen LogP contribution in [0.1, 0.15) is 49.8 Å². The summed E-state index contributed by atoms with van der Waals surface area (Å²) in [5.41, 5.74) is 12.4. The van der Waals surface area contributed by atoms with Gasteiger partial charge in [0, 0.05) is 28.8 Å². The number of carbonyl (C=O) groups excluding carboxylic acids is 1. The number of nitrogens with one attached hydrogen (secondary N) is 1. The van der Waals surface area contributed by atoms with Crippen molar-refractivity contribution in [3.63, 3.8) is 0 Å². The predicted octanol–water partition coefficient (Wildman–Crippen LogP) is 4.74. The number of aryl methyl sites for hydroxylation is 5. The van der Waals surface area contributed by atoms with Crippen molar-refractivity contribution >= 4 is 17.8 Å². The van der Waals surface area contributed by atoms with Crippen LogP contribution in [0.15, 0.2) is 47.7 Å². The average molecular weight is 414 g/mol. The lowest BCUT2D eigenvalue weighted by molar-refractivity contribution is 0.0948. The molecule has 0 spiro atoms. The molecule has 0 unspecified atom stereocenters. The fraction of sp³-hybridized carbons (Fsp3) is 0.240. The van der Waals surface area contributed by atoms with Gasteiger partial charge in [0.15, 0.2) is 0 Å². The quantitative estimate of drug-likeness (QED) is 0.388. The molecular formula is C25H27N5O. The number of hydrazone groups is 1. The monoisotopic (exact) mass is 413 g/mol. The average Bonchev–Trinajstić information content (AvgIpc) is 3.17. The number of nitrogens with zero attached hydrogens (tertiary/aromatic N) is 4. The normalized spacial score (nSPS) is 11.5. The Balaban J connectivity index is 1.59. The highest BCUT2D eigenvalue weighted by atomic mass is 16.2. The number of hydrogen-bond acceptors (Lipinski definition) is 3. The van der Waals surface area contributed by atoms with Gasteiger partial charge in [-0.25, -0.2) is 10.4 Å². The van der Waals surface area contributed by atoms with E-state index in [0.29, 0.717) is 11.4 Å². The molecule has 0 fully saturated rings. The minimum Gasteiger partial charge on any atom is -0.318 e. The topological polar surface area (TPSA) is 63.7 Å². The van der Waals surface area contributed by atoms with Gasteiger partial charge in [-0.2, -0.15) is 5.10 Å². The maximum absolute atomic E-state index is 12.8. The van der Waals surface area contributed by atoms with E-state index >= 15 is 0 Å². The molecule has 31 heavy (non-hydrogen) atoms. The van der Waals surface area contributed by atoms with Gasteiger partial charge < -0.3 is 4.57 Å². The van der Waals surface area contributed by atoms with Gasteiger partial charge in [0.25, 0.3) is 5.91 Å². The van der Waals surface area contributed by atoms with Crippen LogP contribution in [0, 0.1) is 41.5 Å². The van der Waals surface area contributed by atoms with Crippen molar-refractivity contribution in [2.75, 3.05) is 0 Å². The molecule has 1 aromatic carbocycles. The number of carbonyl (C=O) groups is 1. The molecular weight excluding hydrogens is 386 g/mol. The van der Waals surface area contributed by atoms with Crippen LogP contribution in [0.5, 0.6) is 0 Å². The van der Waals surface area contributed by atoms with Crippen molar-refractivity contribution in [1.82, 2.24) is 19.4 Å². The lowest BCUT2D eigenvalue weighted by Gasteiger charge is -2.13. The molecule has 0 bridgehead atoms. The molecule has 1 N–H and O–H groups in total. The first kappa shape index (κ1) is 20.6. The van der Waals surface area contributed by atoms with Gasteiger partial charge in [-0.1, -0.05) is 17.7 Å². The minimum atomic E-state index is -0.284. The summed E-state index contributed by atoms with van der Waals surface area (Å²) in [5, 5.41) is 4.23. The first-order chi connectivity index (χ1) is 14.8. The Morgan fingerprint density at radius 2 is 1.74 bits per heavy atom. The Morgan fingerprint density at radius 3 is 2.48 bits per heavy atom. The second-order valence-electron chi connectivity index (χ2n) is 8.13. The molecule has 6 heteroatoms. The van der Waals surface area contributed by atoms with Crippen molar-refractivity contribution in [2.24, 2.45) is 5.10 Å². The smallest absolute Gasteiger partial charge is 0.290 e. The Bertz CT molecular complexity index is 1340. The highest BCUT2D eigenvalue weighted by Crippen LogP contribution is 2.23. The van der Waals surface area contributed by atoms with E-state index in [-0.39, 0.29) is 5.91 Å². The first-order valence-corrected chi connectivity index (χ1v) is 10.3. The summed E-state index contributed by atoms with van der Waals surface area (Å²) < 4.78 is 4.01. The molecule has 3 heterocycles. The van der Waals surface area contributed by atoms with Crippen LogP contribution in [0.3, 0.4) is 0 Å². The fourth-order valence-electron chi connectivity index (χ4n) is 4.10. The van der Waals surface area contributed by atoms with Crippen molar-refractivity contribution in [3.8, 4) is 5.69 Å². The van der Waals surface area contributed by atoms with Gasteiger partial charge in [-0.3, -0.25) is 9.20 Å². The zero-order valence-electron chi connectivity index (χ0n) is 18.8. The maximum atomic E-state index is 12.8. The highest BCUT2D eigenvalue weighted by molar-refractivity contribution is 5.95. The van der Waals surface area contributed by atoms with E-state index in [4.69, 9.17) is 0 Å². The number of benzene rings is 1. The van der Waals surface area contributed by atoms with E-state index < -0.39 is 0 Å². The molecule has 3 aromatic heterocycles. The number of aromatic nitrogens is 3. The van der Waals surface area contributed by atoms with Crippen LogP contribution < -0.4 is 5.43 Å². The number of rotatable bonds is 4. The third-order valence-electron chi connectivity index (χ3n) is 5.60. The zero-order chi connectivity index (χ0) is 22.3. The number of fused-ring (bicyclic) bond motifs is 1. The van der Waals surface area contributed by atoms with Gasteiger partial charge in [0.05, 0.1) is 11.9 Å². The van der Waals surface area contributed by atoms with Crippen molar-refractivity contribution in [2.45, 2.75) is 41.5 Å². The zero-order valence-corrected chi connectivity index (χ0v) is 18.8. The molecule has 0 aliphatic heterocycles. The van der Waals surface area contributed by atoms with E-state index in [9.17, 15) is 4.79 Å². The van der Waals surface area contributed by atoms with Crippen LogP contribution >= 0.6 is 0 Å². The molecule has 0 saturated heterocycles. The molecule has 4 aromatic rings. The summed E-state index contributed by atoms with van der Waals surface area (Å²) in [5.74, 6) is -0.284. The second-order valence-corrected chi connectivity index (χ2v) is 8.13. The molecule has 0 saturated carbocycles. The molecule has 1 amide bonds. The lowest BCUT2D eigenvalue weighted by atomic mass is 10.1. The van der Waals surface area contributed by atoms with Gasteiger partial charge in [-0.15, -0.1) is 0 Å². The van der Waals surface area contributed by atoms with E-state index in [2.05, 4.69) is 72.0 Å². The van der Waals surface area contributed by atoms with Crippen LogP contribution in [0.4, 0.5) is 0 Å². The third kappa shape index (κ3) is 3.77. The van der Waals surface area contributed by atoms with Crippen LogP contribution in [0.2, 0.25) is 0 Å². The summed E-state index contributed by atoms with van der Waals surface area (Å²) in [4.78, 5) is 17.3. The molecule has 158 valence electrons. The lowest BCUT2D eigenvalue weighted by Crippen LogP contribution is -2.20. The molecule has 0 aliphatic carbocycles. The van der Waals surface area contributed by atoms with Crippen molar-refractivity contribution in [3.05, 3.63) is 87.6 Å². The number of pyridine rings is 1. The number of amides is 1. The predicted molar refractivity (Wildman–Crippen MR) is 124 cm³/mol. The molecule has 6 nitrogen and oxygen atoms in total. The Morgan fingerprint density at radius 1 is 1.00 bits per heavy atom. The van der Waals surface area contributed by atoms with E-state index in [1.807, 2.05) is 32.2 Å². The van der Waals surface area contributed by atoms with Gasteiger partial charge in [0.2, 0.25) is 0 Å². The SMILES string of the molecule is Cc1ccc(-n2c(C)cc(/C=N\NC(=O)c3c(C)nc4cc(C)ccn34)c2C)c(C)c1. The van der Waals surface area contributed by atoms with Gasteiger partial charge in [-0.05, 0) is 76.9 Å². The summed E-state index contributed by atoms with van der Waals surface area (Å²) in [6, 6.07) is 12.4. The fourth-order valence-corrected chi connectivity index (χ4v) is 4.10. The molecule has 4 rings (SSSR count). The van der Waals surface area contributed by atoms with Crippen LogP contribution in [0.25, 0.3) is 11.3 Å². The second kappa shape index (κ2) is 7.87. The summed E-state index contributed by atoms with van der Waals surface area (Å²) in [6.07, 6.45) is 3.56. The van der Waals surface area contributed by atoms with Gasteiger partial charge >= 0.3 is 0 Å². The largest absolute Gasteiger partial charge is 0.318 e. The Kier molecular flexibility index (Phi) is 5.23. The highest BCUT2D eigenvalue weighted by Gasteiger charge is 2.16. The number of hydrogen-bond donors (Lipinski definition) is 1. The minimum absolute atomic E-state index is 0.284.